The van der Waals surface area contributed by atoms with Gasteiger partial charge in [0, 0.05) is 0 Å². The van der Waals surface area contributed by atoms with Gasteiger partial charge in [0.1, 0.15) is 0 Å². The molecule has 1 nitrogen and oxygen atoms in total. The maximum Gasteiger partial charge on any atom is 1.00 e. The number of rotatable bonds is 0. The minimum atomic E-state index is -1.61. The molecule has 0 saturated carbocycles. The molecule has 0 atom stereocenters. The Labute approximate surface area is 96.0 Å². The first-order valence-electron chi connectivity index (χ1n) is 0.756. The second-order valence-electron chi connectivity index (χ2n) is 0.429. The van der Waals surface area contributed by atoms with Gasteiger partial charge in [0.25, 0.3) is 3.25 Å². The Morgan fingerprint density at radius 1 is 0.875 bits per heavy atom. The van der Waals surface area contributed by atoms with Crippen molar-refractivity contribution < 1.29 is 47.4 Å². The number of alkyl halides is 4. The zero-order valence-corrected chi connectivity index (χ0v) is 9.67. The molecule has 0 rings (SSSR count). The molecular weight excluding hydrogens is 228 g/mol. The molecule has 0 spiro atoms. The molecule has 0 radical (unpaired) electrons. The largest absolute Gasteiger partial charge is 1.00 e. The molecule has 0 aromatic heterocycles. The van der Waals surface area contributed by atoms with Gasteiger partial charge in [-0.2, -0.15) is 0 Å². The van der Waals surface area contributed by atoms with E-state index in [2.05, 4.69) is 0 Å². The van der Waals surface area contributed by atoms with Crippen molar-refractivity contribution in [3.8, 4) is 0 Å². The molecule has 0 amide bonds. The van der Waals surface area contributed by atoms with Crippen molar-refractivity contribution in [3.05, 3.63) is 0 Å². The average molecular weight is 230 g/mol. The molecule has 8 heavy (non-hydrogen) atoms. The number of hydrogen-bond acceptors (Lipinski definition) is 0. The molecule has 0 aromatic rings. The van der Waals surface area contributed by atoms with Gasteiger partial charge >= 0.3 is 29.6 Å². The van der Waals surface area contributed by atoms with Crippen molar-refractivity contribution >= 4 is 46.4 Å². The Morgan fingerprint density at radius 2 is 0.875 bits per heavy atom. The van der Waals surface area contributed by atoms with Crippen LogP contribution in [0.2, 0.25) is 0 Å². The van der Waals surface area contributed by atoms with Crippen LogP contribution in [0.25, 0.3) is 0 Å². The molecular formula is CH2Cl5NaO. The van der Waals surface area contributed by atoms with Gasteiger partial charge in [-0.1, -0.05) is 46.4 Å². The summed E-state index contributed by atoms with van der Waals surface area (Å²) in [4.78, 5) is 0. The topological polar surface area (TPSA) is 31.5 Å². The van der Waals surface area contributed by atoms with Gasteiger partial charge in [0.05, 0.1) is 0 Å². The molecule has 0 unspecified atom stereocenters. The van der Waals surface area contributed by atoms with Gasteiger partial charge in [-0.3, -0.25) is 0 Å². The summed E-state index contributed by atoms with van der Waals surface area (Å²) in [6, 6.07) is 0. The van der Waals surface area contributed by atoms with Crippen LogP contribution in [0.1, 0.15) is 0 Å². The van der Waals surface area contributed by atoms with Gasteiger partial charge in [-0.05, 0) is 0 Å². The monoisotopic (exact) mass is 228 g/mol. The SMILES string of the molecule is ClC(Cl)(Cl)Cl.O.[Cl-].[Na+]. The van der Waals surface area contributed by atoms with Crippen LogP contribution in [0, 0.1) is 0 Å². The first-order chi connectivity index (χ1) is 2.00. The molecule has 0 aliphatic carbocycles. The normalized spacial score (nSPS) is 7.50. The minimum absolute atomic E-state index is 0. The van der Waals surface area contributed by atoms with Crippen molar-refractivity contribution in [1.82, 2.24) is 0 Å². The molecule has 0 aromatic carbocycles. The van der Waals surface area contributed by atoms with Gasteiger partial charge in [-0.25, -0.2) is 0 Å². The molecule has 0 saturated heterocycles. The molecule has 0 bridgehead atoms. The summed E-state index contributed by atoms with van der Waals surface area (Å²) >= 11 is 19.3. The fourth-order valence-corrected chi connectivity index (χ4v) is 0. The van der Waals surface area contributed by atoms with Gasteiger partial charge in [0.2, 0.25) is 0 Å². The first-order valence-corrected chi connectivity index (χ1v) is 2.27. The van der Waals surface area contributed by atoms with E-state index in [0.29, 0.717) is 0 Å². The molecule has 0 aliphatic heterocycles. The molecule has 0 fully saturated rings. The van der Waals surface area contributed by atoms with Crippen LogP contribution in [-0.4, -0.2) is 8.73 Å². The van der Waals surface area contributed by atoms with Crippen LogP contribution in [0.3, 0.4) is 0 Å². The maximum absolute atomic E-state index is 4.83. The number of halogens is 5. The summed E-state index contributed by atoms with van der Waals surface area (Å²) in [5.74, 6) is 0. The zero-order chi connectivity index (χ0) is 4.50. The fourth-order valence-electron chi connectivity index (χ4n) is 0. The predicted molar refractivity (Wildman–Crippen MR) is 29.8 cm³/mol. The van der Waals surface area contributed by atoms with Gasteiger partial charge < -0.3 is 17.9 Å². The van der Waals surface area contributed by atoms with E-state index in [4.69, 9.17) is 46.4 Å². The van der Waals surface area contributed by atoms with E-state index in [1.165, 1.54) is 0 Å². The fraction of sp³-hybridized carbons (Fsp3) is 1.00. The zero-order valence-electron chi connectivity index (χ0n) is 3.89. The average Bonchev–Trinajstić information content (AvgIpc) is 0.722. The van der Waals surface area contributed by atoms with Crippen molar-refractivity contribution in [1.29, 1.82) is 0 Å². The summed E-state index contributed by atoms with van der Waals surface area (Å²) in [5, 5.41) is 0. The quantitative estimate of drug-likeness (QED) is 0.298. The summed E-state index contributed by atoms with van der Waals surface area (Å²) in [6.45, 7) is 0. The predicted octanol–water partition coefficient (Wildman–Crippen LogP) is -4.26. The van der Waals surface area contributed by atoms with E-state index < -0.39 is 3.25 Å². The standard InChI is InChI=1S/CCl4.ClH.Na.H2O/c2-1(3,4)5;;;/h;1H;;1H2/q;;+1;/p-1. The third kappa shape index (κ3) is 79.5. The summed E-state index contributed by atoms with van der Waals surface area (Å²) < 4.78 is -1.61. The van der Waals surface area contributed by atoms with Crippen molar-refractivity contribution in [3.63, 3.8) is 0 Å². The van der Waals surface area contributed by atoms with Crippen LogP contribution in [0.15, 0.2) is 0 Å². The Morgan fingerprint density at radius 3 is 0.875 bits per heavy atom. The van der Waals surface area contributed by atoms with Gasteiger partial charge in [0.15, 0.2) is 0 Å². The summed E-state index contributed by atoms with van der Waals surface area (Å²) in [7, 11) is 0. The van der Waals surface area contributed by atoms with Crippen LogP contribution >= 0.6 is 46.4 Å². The Kier molecular flexibility index (Phi) is 26.4. The van der Waals surface area contributed by atoms with E-state index in [1.54, 1.807) is 0 Å². The van der Waals surface area contributed by atoms with Crippen molar-refractivity contribution in [2.24, 2.45) is 0 Å². The van der Waals surface area contributed by atoms with Crippen molar-refractivity contribution in [2.45, 2.75) is 3.25 Å². The third-order valence-electron chi connectivity index (χ3n) is 0. The van der Waals surface area contributed by atoms with E-state index in [-0.39, 0.29) is 47.4 Å². The summed E-state index contributed by atoms with van der Waals surface area (Å²) in [6.07, 6.45) is 0. The van der Waals surface area contributed by atoms with E-state index in [0.717, 1.165) is 0 Å². The first kappa shape index (κ1) is 22.4. The van der Waals surface area contributed by atoms with Crippen LogP contribution in [0.4, 0.5) is 0 Å². The van der Waals surface area contributed by atoms with Gasteiger partial charge in [-0.15, -0.1) is 0 Å². The molecule has 0 aliphatic rings. The van der Waals surface area contributed by atoms with E-state index >= 15 is 0 Å². The molecule has 7 heteroatoms. The second-order valence-corrected chi connectivity index (χ2v) is 3.86. The number of hydrogen-bond donors (Lipinski definition) is 0. The molecule has 48 valence electrons. The van der Waals surface area contributed by atoms with E-state index in [9.17, 15) is 0 Å². The van der Waals surface area contributed by atoms with Crippen LogP contribution < -0.4 is 42.0 Å². The Bertz CT molecular complexity index is 27.9. The van der Waals surface area contributed by atoms with Crippen molar-refractivity contribution in [2.75, 3.05) is 0 Å². The maximum atomic E-state index is 4.83. The Hall–Kier alpha value is 2.41. The van der Waals surface area contributed by atoms with E-state index in [1.807, 2.05) is 0 Å². The van der Waals surface area contributed by atoms with Crippen LogP contribution in [-0.2, 0) is 0 Å². The summed E-state index contributed by atoms with van der Waals surface area (Å²) in [5.41, 5.74) is 0. The molecule has 0 heterocycles. The van der Waals surface area contributed by atoms with Crippen LogP contribution in [0.5, 0.6) is 0 Å². The molecule has 2 N–H and O–H groups in total. The third-order valence-corrected chi connectivity index (χ3v) is 0. The second kappa shape index (κ2) is 9.41. The Balaban J connectivity index is -0.0000000267. The minimum Gasteiger partial charge on any atom is -1.00 e. The smallest absolute Gasteiger partial charge is 1.00 e.